The normalized spacial score (nSPS) is 11.2. The first kappa shape index (κ1) is 19.5. The third-order valence-electron chi connectivity index (χ3n) is 3.89. The van der Waals surface area contributed by atoms with E-state index < -0.39 is 11.6 Å². The molecule has 0 spiro atoms. The van der Waals surface area contributed by atoms with E-state index in [-0.39, 0.29) is 12.0 Å². The minimum Gasteiger partial charge on any atom is -0.497 e. The van der Waals surface area contributed by atoms with E-state index in [0.29, 0.717) is 30.5 Å². The summed E-state index contributed by atoms with van der Waals surface area (Å²) in [6, 6.07) is 9.39. The Morgan fingerprint density at radius 1 is 1.04 bits per heavy atom. The largest absolute Gasteiger partial charge is 0.497 e. The molecule has 0 fully saturated rings. The Bertz CT molecular complexity index is 746. The number of nitrogens with one attached hydrogen (secondary N) is 2. The summed E-state index contributed by atoms with van der Waals surface area (Å²) in [4.78, 5) is 4.11. The zero-order valence-electron chi connectivity index (χ0n) is 15.1. The summed E-state index contributed by atoms with van der Waals surface area (Å²) in [6.45, 7) is 0.818. The molecule has 0 heterocycles. The number of benzene rings is 2. The van der Waals surface area contributed by atoms with Crippen LogP contribution in [-0.4, -0.2) is 33.8 Å². The van der Waals surface area contributed by atoms with Gasteiger partial charge in [0.1, 0.15) is 23.1 Å². The van der Waals surface area contributed by atoms with E-state index in [1.54, 1.807) is 27.3 Å². The molecule has 26 heavy (non-hydrogen) atoms. The van der Waals surface area contributed by atoms with E-state index in [1.165, 1.54) is 18.2 Å². The summed E-state index contributed by atoms with van der Waals surface area (Å²) in [6.07, 6.45) is 0.213. The first-order valence-corrected chi connectivity index (χ1v) is 8.17. The zero-order valence-corrected chi connectivity index (χ0v) is 15.1. The van der Waals surface area contributed by atoms with Crippen LogP contribution in [0.5, 0.6) is 11.5 Å². The van der Waals surface area contributed by atoms with Crippen LogP contribution in [0.4, 0.5) is 8.78 Å². The quantitative estimate of drug-likeness (QED) is 0.587. The topological polar surface area (TPSA) is 54.9 Å². The molecule has 0 aliphatic heterocycles. The van der Waals surface area contributed by atoms with Crippen molar-refractivity contribution < 1.29 is 18.3 Å². The number of hydrogen-bond acceptors (Lipinski definition) is 3. The van der Waals surface area contributed by atoms with Crippen LogP contribution in [0.2, 0.25) is 0 Å². The van der Waals surface area contributed by atoms with Gasteiger partial charge >= 0.3 is 0 Å². The molecule has 2 aromatic carbocycles. The Morgan fingerprint density at radius 2 is 1.77 bits per heavy atom. The van der Waals surface area contributed by atoms with Crippen molar-refractivity contribution in [2.75, 3.05) is 27.8 Å². The number of halogens is 2. The van der Waals surface area contributed by atoms with E-state index >= 15 is 0 Å². The van der Waals surface area contributed by atoms with Crippen LogP contribution in [0.15, 0.2) is 41.4 Å². The summed E-state index contributed by atoms with van der Waals surface area (Å²) in [5.41, 5.74) is 0.990. The molecule has 0 saturated heterocycles. The molecule has 0 unspecified atom stereocenters. The van der Waals surface area contributed by atoms with Crippen molar-refractivity contribution in [2.45, 2.75) is 13.0 Å². The Kier molecular flexibility index (Phi) is 7.20. The van der Waals surface area contributed by atoms with Gasteiger partial charge in [-0.3, -0.25) is 4.99 Å². The highest BCUT2D eigenvalue weighted by Crippen LogP contribution is 2.24. The smallest absolute Gasteiger partial charge is 0.191 e. The lowest BCUT2D eigenvalue weighted by Crippen LogP contribution is -2.38. The summed E-state index contributed by atoms with van der Waals surface area (Å²) >= 11 is 0. The molecule has 7 heteroatoms. The highest BCUT2D eigenvalue weighted by molar-refractivity contribution is 5.79. The average molecular weight is 363 g/mol. The van der Waals surface area contributed by atoms with Gasteiger partial charge in [0.15, 0.2) is 5.96 Å². The van der Waals surface area contributed by atoms with Gasteiger partial charge in [-0.15, -0.1) is 0 Å². The second kappa shape index (κ2) is 9.60. The third kappa shape index (κ3) is 5.08. The van der Waals surface area contributed by atoms with Crippen molar-refractivity contribution in [1.82, 2.24) is 10.6 Å². The van der Waals surface area contributed by atoms with Crippen molar-refractivity contribution in [2.24, 2.45) is 4.99 Å². The van der Waals surface area contributed by atoms with E-state index in [1.807, 2.05) is 12.1 Å². The van der Waals surface area contributed by atoms with E-state index in [4.69, 9.17) is 9.47 Å². The van der Waals surface area contributed by atoms with Crippen LogP contribution in [-0.2, 0) is 13.0 Å². The molecule has 0 aliphatic carbocycles. The minimum absolute atomic E-state index is 0.0623. The fourth-order valence-corrected chi connectivity index (χ4v) is 2.47. The second-order valence-electron chi connectivity index (χ2n) is 5.48. The molecule has 0 aromatic heterocycles. The molecule has 2 aromatic rings. The van der Waals surface area contributed by atoms with Crippen LogP contribution in [0.3, 0.4) is 0 Å². The predicted molar refractivity (Wildman–Crippen MR) is 97.8 cm³/mol. The number of methoxy groups -OCH3 is 2. The van der Waals surface area contributed by atoms with E-state index in [2.05, 4.69) is 15.6 Å². The van der Waals surface area contributed by atoms with Gasteiger partial charge in [0.2, 0.25) is 0 Å². The van der Waals surface area contributed by atoms with Gasteiger partial charge in [-0.1, -0.05) is 6.07 Å². The predicted octanol–water partition coefficient (Wildman–Crippen LogP) is 2.89. The van der Waals surface area contributed by atoms with Gasteiger partial charge in [0.05, 0.1) is 14.2 Å². The number of aliphatic imine (C=N–C) groups is 1. The van der Waals surface area contributed by atoms with Crippen molar-refractivity contribution in [3.05, 3.63) is 59.2 Å². The highest BCUT2D eigenvalue weighted by Gasteiger charge is 2.09. The molecule has 0 radical (unpaired) electrons. The van der Waals surface area contributed by atoms with E-state index in [0.717, 1.165) is 5.56 Å². The van der Waals surface area contributed by atoms with Crippen LogP contribution in [0, 0.1) is 11.6 Å². The summed E-state index contributed by atoms with van der Waals surface area (Å²) in [5, 5.41) is 6.19. The molecule has 140 valence electrons. The molecular weight excluding hydrogens is 340 g/mol. The molecule has 0 aliphatic rings. The maximum atomic E-state index is 13.6. The standard InChI is InChI=1S/C19H23F2N3O2/c1-22-19(23-10-9-15-16(20)5-4-6-17(15)21)24-12-13-7-8-14(25-2)11-18(13)26-3/h4-8,11H,9-10,12H2,1-3H3,(H2,22,23,24). The Morgan fingerprint density at radius 3 is 2.38 bits per heavy atom. The Balaban J connectivity index is 1.90. The molecule has 2 N–H and O–H groups in total. The van der Waals surface area contributed by atoms with Gasteiger partial charge in [-0.25, -0.2) is 8.78 Å². The monoisotopic (exact) mass is 363 g/mol. The van der Waals surface area contributed by atoms with Crippen molar-refractivity contribution in [1.29, 1.82) is 0 Å². The highest BCUT2D eigenvalue weighted by atomic mass is 19.1. The molecule has 0 atom stereocenters. The van der Waals surface area contributed by atoms with E-state index in [9.17, 15) is 8.78 Å². The maximum Gasteiger partial charge on any atom is 0.191 e. The molecule has 0 saturated carbocycles. The van der Waals surface area contributed by atoms with Gasteiger partial charge in [-0.05, 0) is 30.7 Å². The van der Waals surface area contributed by atoms with Crippen LogP contribution in [0.25, 0.3) is 0 Å². The number of nitrogens with zero attached hydrogens (tertiary/aromatic N) is 1. The fourth-order valence-electron chi connectivity index (χ4n) is 2.47. The SMILES string of the molecule is CN=C(NCCc1c(F)cccc1F)NCc1ccc(OC)cc1OC. The van der Waals surface area contributed by atoms with Crippen LogP contribution in [0.1, 0.15) is 11.1 Å². The lowest BCUT2D eigenvalue weighted by molar-refractivity contribution is 0.390. The first-order valence-electron chi connectivity index (χ1n) is 8.17. The second-order valence-corrected chi connectivity index (χ2v) is 5.48. The van der Waals surface area contributed by atoms with Gasteiger partial charge < -0.3 is 20.1 Å². The van der Waals surface area contributed by atoms with Crippen LogP contribution >= 0.6 is 0 Å². The van der Waals surface area contributed by atoms with Gasteiger partial charge in [0.25, 0.3) is 0 Å². The summed E-state index contributed by atoms with van der Waals surface area (Å²) in [5.74, 6) is 0.843. The number of rotatable bonds is 7. The van der Waals surface area contributed by atoms with Gasteiger partial charge in [0, 0.05) is 37.3 Å². The lowest BCUT2D eigenvalue weighted by atomic mass is 10.1. The van der Waals surface area contributed by atoms with Crippen molar-refractivity contribution >= 4 is 5.96 Å². The van der Waals surface area contributed by atoms with Crippen LogP contribution < -0.4 is 20.1 Å². The Hall–Kier alpha value is -2.83. The van der Waals surface area contributed by atoms with Crippen molar-refractivity contribution in [3.8, 4) is 11.5 Å². The summed E-state index contributed by atoms with van der Waals surface area (Å²) in [7, 11) is 4.81. The summed E-state index contributed by atoms with van der Waals surface area (Å²) < 4.78 is 37.8. The molecule has 2 rings (SSSR count). The minimum atomic E-state index is -0.544. The zero-order chi connectivity index (χ0) is 18.9. The fraction of sp³-hybridized carbons (Fsp3) is 0.316. The molecule has 0 bridgehead atoms. The van der Waals surface area contributed by atoms with Gasteiger partial charge in [-0.2, -0.15) is 0 Å². The third-order valence-corrected chi connectivity index (χ3v) is 3.89. The van der Waals surface area contributed by atoms with Crippen molar-refractivity contribution in [3.63, 3.8) is 0 Å². The number of ether oxygens (including phenoxy) is 2. The molecule has 0 amide bonds. The first-order chi connectivity index (χ1) is 12.6. The average Bonchev–Trinajstić information content (AvgIpc) is 2.66. The maximum absolute atomic E-state index is 13.6. The Labute approximate surface area is 152 Å². The lowest BCUT2D eigenvalue weighted by Gasteiger charge is -2.14. The number of hydrogen-bond donors (Lipinski definition) is 2. The number of guanidine groups is 1. The molecular formula is C19H23F2N3O2. The molecule has 5 nitrogen and oxygen atoms in total.